The molecule has 0 saturated heterocycles. The van der Waals surface area contributed by atoms with Crippen molar-refractivity contribution in [1.82, 2.24) is 0 Å². The first-order valence-corrected chi connectivity index (χ1v) is 12.1. The lowest BCUT2D eigenvalue weighted by atomic mass is 9.77. The molecule has 0 bridgehead atoms. The van der Waals surface area contributed by atoms with Crippen molar-refractivity contribution < 1.29 is 47.1 Å². The van der Waals surface area contributed by atoms with Crippen LogP contribution in [0, 0.1) is 5.82 Å². The minimum atomic E-state index is -5.37. The smallest absolute Gasteiger partial charge is 0.422 e. The van der Waals surface area contributed by atoms with Gasteiger partial charge in [-0.2, -0.15) is 13.2 Å². The third kappa shape index (κ3) is 5.24. The molecule has 208 valence electrons. The fourth-order valence-electron chi connectivity index (χ4n) is 4.28. The van der Waals surface area contributed by atoms with Gasteiger partial charge in [0.2, 0.25) is 0 Å². The third-order valence-corrected chi connectivity index (χ3v) is 7.18. The van der Waals surface area contributed by atoms with Crippen molar-refractivity contribution in [2.75, 3.05) is 18.6 Å². The molecule has 2 atom stereocenters. The van der Waals surface area contributed by atoms with Crippen molar-refractivity contribution in [3.8, 4) is 17.2 Å². The van der Waals surface area contributed by atoms with Crippen LogP contribution in [0.2, 0.25) is 10.0 Å². The Bertz CT molecular complexity index is 1430. The van der Waals surface area contributed by atoms with Gasteiger partial charge in [-0.05, 0) is 42.0 Å². The maximum absolute atomic E-state index is 15.1. The summed E-state index contributed by atoms with van der Waals surface area (Å²) in [5.74, 6) is -3.64. The van der Waals surface area contributed by atoms with E-state index in [9.17, 15) is 33.3 Å². The van der Waals surface area contributed by atoms with Crippen LogP contribution in [0.3, 0.4) is 0 Å². The van der Waals surface area contributed by atoms with Crippen LogP contribution in [0.25, 0.3) is 0 Å². The minimum absolute atomic E-state index is 0.00102. The van der Waals surface area contributed by atoms with Gasteiger partial charge in [0.15, 0.2) is 18.5 Å². The molecule has 0 fully saturated rings. The van der Waals surface area contributed by atoms with E-state index < -0.39 is 47.9 Å². The Labute approximate surface area is 229 Å². The lowest BCUT2D eigenvalue weighted by molar-refractivity contribution is -0.275. The first-order chi connectivity index (χ1) is 18.1. The number of benzene rings is 3. The van der Waals surface area contributed by atoms with Gasteiger partial charge < -0.3 is 29.7 Å². The predicted octanol–water partition coefficient (Wildman–Crippen LogP) is 5.82. The summed E-state index contributed by atoms with van der Waals surface area (Å²) in [5.41, 5.74) is -5.13. The molecule has 1 heterocycles. The zero-order valence-corrected chi connectivity index (χ0v) is 21.8. The van der Waals surface area contributed by atoms with Crippen LogP contribution in [-0.2, 0) is 10.4 Å². The molecular weight excluding hydrogens is 569 g/mol. The number of nitrogens with zero attached hydrogens (tertiary/aromatic N) is 1. The van der Waals surface area contributed by atoms with E-state index in [1.165, 1.54) is 43.4 Å². The normalized spacial score (nSPS) is 16.0. The van der Waals surface area contributed by atoms with E-state index in [4.69, 9.17) is 32.7 Å². The fraction of sp³-hybridized carbons (Fsp3) is 0.269. The number of aliphatic hydroxyl groups excluding tert-OH is 1. The molecule has 3 N–H and O–H groups in total. The van der Waals surface area contributed by atoms with Crippen molar-refractivity contribution in [3.05, 3.63) is 81.1 Å². The van der Waals surface area contributed by atoms with Gasteiger partial charge in [-0.15, -0.1) is 0 Å². The van der Waals surface area contributed by atoms with Gasteiger partial charge in [0.1, 0.15) is 23.1 Å². The second-order valence-corrected chi connectivity index (χ2v) is 9.68. The number of halogens is 6. The maximum Gasteiger partial charge on any atom is 0.422 e. The van der Waals surface area contributed by atoms with Crippen LogP contribution in [-0.4, -0.2) is 41.1 Å². The predicted molar refractivity (Wildman–Crippen MR) is 134 cm³/mol. The molecule has 0 aliphatic carbocycles. The van der Waals surface area contributed by atoms with Gasteiger partial charge in [0.05, 0.1) is 10.7 Å². The number of carbonyl (C=O) groups excluding carboxylic acids is 1. The molecule has 13 heteroatoms. The molecule has 4 rings (SSSR count). The van der Waals surface area contributed by atoms with Gasteiger partial charge in [0, 0.05) is 35.2 Å². The average molecular weight is 590 g/mol. The summed E-state index contributed by atoms with van der Waals surface area (Å²) in [6.07, 6.45) is -7.17. The van der Waals surface area contributed by atoms with E-state index in [0.717, 1.165) is 17.9 Å². The van der Waals surface area contributed by atoms with Gasteiger partial charge in [-0.25, -0.2) is 4.39 Å². The average Bonchev–Trinajstić information content (AvgIpc) is 2.84. The zero-order valence-electron chi connectivity index (χ0n) is 20.3. The molecule has 0 saturated carbocycles. The standard InChI is InChI=1S/C26H21Cl2F4NO6/c1-12(15-5-3-13(7-18(15)27)39-14-4-6-16(24(35)36)19(28)8-14)25(37,26(30,31)32)17-9-21-22(10-20(17)29)38-11-23(34)33(21)2/h3-10,12,24,35-37H,11H2,1-2H3. The van der Waals surface area contributed by atoms with Crippen LogP contribution in [0.4, 0.5) is 23.2 Å². The molecule has 1 aliphatic rings. The highest BCUT2D eigenvalue weighted by molar-refractivity contribution is 6.32. The first-order valence-electron chi connectivity index (χ1n) is 11.3. The molecule has 0 aromatic heterocycles. The third-order valence-electron chi connectivity index (χ3n) is 6.53. The van der Waals surface area contributed by atoms with E-state index in [1.54, 1.807) is 0 Å². The van der Waals surface area contributed by atoms with E-state index in [-0.39, 0.29) is 44.1 Å². The molecule has 3 aromatic carbocycles. The largest absolute Gasteiger partial charge is 0.481 e. The van der Waals surface area contributed by atoms with E-state index >= 15 is 4.39 Å². The Kier molecular flexibility index (Phi) is 7.76. The van der Waals surface area contributed by atoms with Crippen molar-refractivity contribution in [3.63, 3.8) is 0 Å². The second kappa shape index (κ2) is 10.5. The van der Waals surface area contributed by atoms with Crippen molar-refractivity contribution in [1.29, 1.82) is 0 Å². The Morgan fingerprint density at radius 3 is 2.08 bits per heavy atom. The SMILES string of the molecule is CC(c1ccc(Oc2ccc(C(O)O)c(Cl)c2)cc1Cl)C(O)(c1cc2c(cc1F)OCC(=O)N2C)C(F)(F)F. The zero-order chi connectivity index (χ0) is 28.9. The topological polar surface area (TPSA) is 99.5 Å². The number of rotatable bonds is 6. The summed E-state index contributed by atoms with van der Waals surface area (Å²) < 4.78 is 69.3. The monoisotopic (exact) mass is 589 g/mol. The number of carbonyl (C=O) groups is 1. The van der Waals surface area contributed by atoms with Crippen molar-refractivity contribution in [2.24, 2.45) is 0 Å². The van der Waals surface area contributed by atoms with Gasteiger partial charge in [-0.1, -0.05) is 36.2 Å². The molecule has 1 amide bonds. The minimum Gasteiger partial charge on any atom is -0.481 e. The van der Waals surface area contributed by atoms with Gasteiger partial charge in [0.25, 0.3) is 5.91 Å². The Balaban J connectivity index is 1.72. The lowest BCUT2D eigenvalue weighted by Gasteiger charge is -2.38. The molecule has 0 spiro atoms. The summed E-state index contributed by atoms with van der Waals surface area (Å²) >= 11 is 12.3. The summed E-state index contributed by atoms with van der Waals surface area (Å²) in [4.78, 5) is 13.0. The molecule has 7 nitrogen and oxygen atoms in total. The highest BCUT2D eigenvalue weighted by Gasteiger charge is 2.60. The van der Waals surface area contributed by atoms with Crippen LogP contribution in [0.5, 0.6) is 17.2 Å². The van der Waals surface area contributed by atoms with Crippen LogP contribution < -0.4 is 14.4 Å². The second-order valence-electron chi connectivity index (χ2n) is 8.87. The number of aliphatic hydroxyl groups is 3. The quantitative estimate of drug-likeness (QED) is 0.248. The number of amides is 1. The summed E-state index contributed by atoms with van der Waals surface area (Å²) in [5, 5.41) is 29.5. The molecule has 0 radical (unpaired) electrons. The van der Waals surface area contributed by atoms with Gasteiger partial charge in [-0.3, -0.25) is 4.79 Å². The summed E-state index contributed by atoms with van der Waals surface area (Å²) in [6, 6.07) is 9.13. The van der Waals surface area contributed by atoms with E-state index in [1.807, 2.05) is 0 Å². The van der Waals surface area contributed by atoms with Crippen LogP contribution in [0.1, 0.15) is 35.8 Å². The number of hydrogen-bond donors (Lipinski definition) is 3. The molecule has 1 aliphatic heterocycles. The van der Waals surface area contributed by atoms with E-state index in [2.05, 4.69) is 0 Å². The summed E-state index contributed by atoms with van der Waals surface area (Å²) in [7, 11) is 1.30. The highest BCUT2D eigenvalue weighted by Crippen LogP contribution is 2.52. The Morgan fingerprint density at radius 1 is 1.00 bits per heavy atom. The molecule has 39 heavy (non-hydrogen) atoms. The van der Waals surface area contributed by atoms with Crippen LogP contribution in [0.15, 0.2) is 48.5 Å². The fourth-order valence-corrected chi connectivity index (χ4v) is 4.88. The number of fused-ring (bicyclic) bond motifs is 1. The van der Waals surface area contributed by atoms with E-state index in [0.29, 0.717) is 6.07 Å². The lowest BCUT2D eigenvalue weighted by Crippen LogP contribution is -2.47. The number of hydrogen-bond acceptors (Lipinski definition) is 6. The highest BCUT2D eigenvalue weighted by atomic mass is 35.5. The Morgan fingerprint density at radius 2 is 1.56 bits per heavy atom. The van der Waals surface area contributed by atoms with Crippen molar-refractivity contribution in [2.45, 2.75) is 30.9 Å². The van der Waals surface area contributed by atoms with Crippen molar-refractivity contribution >= 4 is 34.8 Å². The van der Waals surface area contributed by atoms with Gasteiger partial charge >= 0.3 is 6.18 Å². The number of ether oxygens (including phenoxy) is 2. The summed E-state index contributed by atoms with van der Waals surface area (Å²) in [6.45, 7) is 0.629. The number of alkyl halides is 3. The molecule has 2 unspecified atom stereocenters. The number of anilines is 1. The molecular formula is C26H21Cl2F4NO6. The first kappa shape index (κ1) is 28.9. The number of likely N-dealkylation sites (N-methyl/N-ethyl adjacent to an activating group) is 1. The maximum atomic E-state index is 15.1. The van der Waals surface area contributed by atoms with Crippen LogP contribution >= 0.6 is 23.2 Å². The molecule has 3 aromatic rings. The Hall–Kier alpha value is -3.09.